The van der Waals surface area contributed by atoms with Crippen molar-refractivity contribution < 1.29 is 35.6 Å². The van der Waals surface area contributed by atoms with Gasteiger partial charge in [0, 0.05) is 5.56 Å². The Labute approximate surface area is 104 Å². The second kappa shape index (κ2) is 4.65. The summed E-state index contributed by atoms with van der Waals surface area (Å²) in [5, 5.41) is 8.02. The van der Waals surface area contributed by atoms with Crippen LogP contribution in [0, 0.1) is 5.82 Å². The van der Waals surface area contributed by atoms with Crippen LogP contribution in [0.4, 0.5) is 17.6 Å². The van der Waals surface area contributed by atoms with Crippen molar-refractivity contribution >= 4 is 21.7 Å². The highest BCUT2D eigenvalue weighted by molar-refractivity contribution is 7.85. The second-order valence-electron chi connectivity index (χ2n) is 3.23. The lowest BCUT2D eigenvalue weighted by Crippen LogP contribution is -2.15. The average molecular weight is 309 g/mol. The largest absolute Gasteiger partial charge is 0.416 e. The molecule has 4 nitrogen and oxygen atoms in total. The molecule has 1 rings (SSSR count). The molecule has 0 fully saturated rings. The maximum atomic E-state index is 13.3. The third kappa shape index (κ3) is 3.10. The summed E-state index contributed by atoms with van der Waals surface area (Å²) < 4.78 is 80.0. The van der Waals surface area contributed by atoms with Crippen molar-refractivity contribution in [1.29, 1.82) is 0 Å². The molecule has 102 valence electrons. The van der Waals surface area contributed by atoms with Gasteiger partial charge in [0.05, 0.1) is 10.6 Å². The summed E-state index contributed by atoms with van der Waals surface area (Å²) in [7, 11) is -5.17. The Bertz CT molecular complexity index is 569. The number of benzene rings is 1. The number of hydrogen-bond donors (Lipinski definition) is 2. The summed E-state index contributed by atoms with van der Waals surface area (Å²) in [6.45, 7) is 0. The predicted octanol–water partition coefficient (Wildman–Crippen LogP) is 2.38. The fraction of sp³-hybridized carbons (Fsp3) is 0.250. The van der Waals surface area contributed by atoms with E-state index in [1.165, 1.54) is 0 Å². The van der Waals surface area contributed by atoms with Crippen molar-refractivity contribution in [3.8, 4) is 0 Å². The summed E-state index contributed by atoms with van der Waals surface area (Å²) in [6.07, 6.45) is -4.91. The Morgan fingerprint density at radius 2 is 1.78 bits per heavy atom. The Hall–Kier alpha value is -0.900. The quantitative estimate of drug-likeness (QED) is 0.650. The lowest BCUT2D eigenvalue weighted by Gasteiger charge is -2.13. The molecule has 0 heterocycles. The monoisotopic (exact) mass is 308 g/mol. The minimum absolute atomic E-state index is 0.0552. The van der Waals surface area contributed by atoms with Gasteiger partial charge >= 0.3 is 6.18 Å². The van der Waals surface area contributed by atoms with Gasteiger partial charge in [-0.25, -0.2) is 4.39 Å². The van der Waals surface area contributed by atoms with Crippen molar-refractivity contribution in [2.24, 2.45) is 0 Å². The first-order valence-electron chi connectivity index (χ1n) is 4.15. The molecule has 0 radical (unpaired) electrons. The van der Waals surface area contributed by atoms with Gasteiger partial charge in [0.1, 0.15) is 5.82 Å². The van der Waals surface area contributed by atoms with Gasteiger partial charge in [0.15, 0.2) is 0 Å². The fourth-order valence-corrected chi connectivity index (χ4v) is 1.83. The Morgan fingerprint density at radius 1 is 1.28 bits per heavy atom. The molecule has 0 saturated carbocycles. The minimum atomic E-state index is -5.17. The smallest absolute Gasteiger partial charge is 0.371 e. The number of aliphatic hydroxyl groups excluding tert-OH is 1. The highest BCUT2D eigenvalue weighted by atomic mass is 35.5. The SMILES string of the molecule is O=S(=O)(O)C(O)c1cc(C(F)(F)F)cc(Cl)c1F. The highest BCUT2D eigenvalue weighted by Gasteiger charge is 2.35. The van der Waals surface area contributed by atoms with Crippen LogP contribution in [0.1, 0.15) is 16.6 Å². The van der Waals surface area contributed by atoms with E-state index in [-0.39, 0.29) is 12.1 Å². The van der Waals surface area contributed by atoms with Gasteiger partial charge in [-0.1, -0.05) is 11.6 Å². The summed E-state index contributed by atoms with van der Waals surface area (Å²) >= 11 is 5.16. The molecule has 1 aromatic rings. The molecule has 0 aliphatic heterocycles. The van der Waals surface area contributed by atoms with Gasteiger partial charge in [-0.15, -0.1) is 0 Å². The first-order chi connectivity index (χ1) is 7.94. The molecule has 2 N–H and O–H groups in total. The normalized spacial score (nSPS) is 14.6. The van der Waals surface area contributed by atoms with Crippen molar-refractivity contribution in [1.82, 2.24) is 0 Å². The zero-order valence-corrected chi connectivity index (χ0v) is 9.81. The van der Waals surface area contributed by atoms with Gasteiger partial charge in [0.25, 0.3) is 10.1 Å². The standard InChI is InChI=1S/C8H5ClF4O4S/c9-5-2-3(8(11,12)13)1-4(6(5)10)7(14)18(15,16)17/h1-2,7,14H,(H,15,16,17). The Morgan fingerprint density at radius 3 is 2.17 bits per heavy atom. The van der Waals surface area contributed by atoms with E-state index in [0.29, 0.717) is 0 Å². The summed E-state index contributed by atoms with van der Waals surface area (Å²) in [6, 6.07) is 0.288. The fourth-order valence-electron chi connectivity index (χ4n) is 1.11. The topological polar surface area (TPSA) is 74.6 Å². The molecule has 0 spiro atoms. The van der Waals surface area contributed by atoms with Crippen LogP contribution in [0.5, 0.6) is 0 Å². The lowest BCUT2D eigenvalue weighted by molar-refractivity contribution is -0.137. The van der Waals surface area contributed by atoms with Gasteiger partial charge in [-0.2, -0.15) is 21.6 Å². The Balaban J connectivity index is 3.50. The van der Waals surface area contributed by atoms with Crippen LogP contribution in [0.25, 0.3) is 0 Å². The van der Waals surface area contributed by atoms with Crippen LogP contribution in [0.15, 0.2) is 12.1 Å². The molecular weight excluding hydrogens is 304 g/mol. The molecule has 0 aliphatic carbocycles. The molecule has 0 aliphatic rings. The highest BCUT2D eigenvalue weighted by Crippen LogP contribution is 2.35. The number of halogens is 5. The van der Waals surface area contributed by atoms with Crippen molar-refractivity contribution in [3.05, 3.63) is 34.1 Å². The Kier molecular flexibility index (Phi) is 3.92. The van der Waals surface area contributed by atoms with E-state index >= 15 is 0 Å². The first-order valence-corrected chi connectivity index (χ1v) is 6.03. The van der Waals surface area contributed by atoms with E-state index in [1.807, 2.05) is 0 Å². The van der Waals surface area contributed by atoms with E-state index in [1.54, 1.807) is 0 Å². The van der Waals surface area contributed by atoms with Gasteiger partial charge in [-0.05, 0) is 12.1 Å². The van der Waals surface area contributed by atoms with Gasteiger partial charge in [0.2, 0.25) is 5.44 Å². The number of rotatable bonds is 2. The second-order valence-corrected chi connectivity index (χ2v) is 5.11. The predicted molar refractivity (Wildman–Crippen MR) is 52.9 cm³/mol. The zero-order valence-electron chi connectivity index (χ0n) is 8.24. The first kappa shape index (κ1) is 15.2. The van der Waals surface area contributed by atoms with Crippen LogP contribution in [-0.4, -0.2) is 18.1 Å². The minimum Gasteiger partial charge on any atom is -0.371 e. The molecule has 0 bridgehead atoms. The van der Waals surface area contributed by atoms with Crippen molar-refractivity contribution in [2.45, 2.75) is 11.6 Å². The number of aliphatic hydroxyl groups is 1. The molecule has 1 unspecified atom stereocenters. The molecule has 18 heavy (non-hydrogen) atoms. The molecule has 10 heteroatoms. The van der Waals surface area contributed by atoms with Crippen LogP contribution >= 0.6 is 11.6 Å². The maximum Gasteiger partial charge on any atom is 0.416 e. The lowest BCUT2D eigenvalue weighted by atomic mass is 10.1. The summed E-state index contributed by atoms with van der Waals surface area (Å²) in [5.74, 6) is -1.56. The van der Waals surface area contributed by atoms with E-state index in [0.717, 1.165) is 0 Å². The maximum absolute atomic E-state index is 13.3. The molecule has 1 aromatic carbocycles. The van der Waals surface area contributed by atoms with E-state index < -0.39 is 43.7 Å². The van der Waals surface area contributed by atoms with Crippen LogP contribution in [0.3, 0.4) is 0 Å². The van der Waals surface area contributed by atoms with Crippen LogP contribution in [0.2, 0.25) is 5.02 Å². The number of alkyl halides is 3. The van der Waals surface area contributed by atoms with E-state index in [9.17, 15) is 26.0 Å². The van der Waals surface area contributed by atoms with Crippen molar-refractivity contribution in [3.63, 3.8) is 0 Å². The third-order valence-electron chi connectivity index (χ3n) is 1.93. The van der Waals surface area contributed by atoms with Gasteiger partial charge < -0.3 is 5.11 Å². The molecule has 0 saturated heterocycles. The molecule has 0 aromatic heterocycles. The summed E-state index contributed by atoms with van der Waals surface area (Å²) in [5.41, 5.74) is -5.58. The van der Waals surface area contributed by atoms with Crippen LogP contribution < -0.4 is 0 Å². The molecule has 0 amide bonds. The zero-order chi connectivity index (χ0) is 14.3. The van der Waals surface area contributed by atoms with Crippen molar-refractivity contribution in [2.75, 3.05) is 0 Å². The van der Waals surface area contributed by atoms with Gasteiger partial charge in [-0.3, -0.25) is 4.55 Å². The molecular formula is C8H5ClF4O4S. The molecule has 1 atom stereocenters. The van der Waals surface area contributed by atoms with E-state index in [2.05, 4.69) is 0 Å². The summed E-state index contributed by atoms with van der Waals surface area (Å²) in [4.78, 5) is 0. The number of hydrogen-bond acceptors (Lipinski definition) is 3. The van der Waals surface area contributed by atoms with E-state index in [4.69, 9.17) is 21.3 Å². The average Bonchev–Trinajstić information content (AvgIpc) is 2.17. The van der Waals surface area contributed by atoms with Crippen LogP contribution in [-0.2, 0) is 16.3 Å². The third-order valence-corrected chi connectivity index (χ3v) is 3.03.